The van der Waals surface area contributed by atoms with Crippen molar-refractivity contribution in [3.63, 3.8) is 0 Å². The number of rotatable bonds is 5. The first kappa shape index (κ1) is 16.0. The molecule has 2 aliphatic rings. The molecule has 0 spiro atoms. The van der Waals surface area contributed by atoms with Gasteiger partial charge >= 0.3 is 0 Å². The van der Waals surface area contributed by atoms with Crippen molar-refractivity contribution >= 4 is 11.8 Å². The van der Waals surface area contributed by atoms with Crippen LogP contribution in [-0.4, -0.2) is 18.0 Å². The van der Waals surface area contributed by atoms with Crippen molar-refractivity contribution in [2.75, 3.05) is 5.75 Å². The molecule has 0 aromatic heterocycles. The molecule has 24 heavy (non-hydrogen) atoms. The maximum absolute atomic E-state index is 12.9. The highest BCUT2D eigenvalue weighted by Crippen LogP contribution is 2.38. The Morgan fingerprint density at radius 2 is 1.50 bits per heavy atom. The minimum Gasteiger partial charge on any atom is -0.457 e. The average molecular weight is 344 g/mol. The van der Waals surface area contributed by atoms with Gasteiger partial charge in [0.2, 0.25) is 0 Å². The fraction of sp³-hybridized carbons (Fsp3) is 0.400. The second-order valence-electron chi connectivity index (χ2n) is 6.63. The van der Waals surface area contributed by atoms with Crippen LogP contribution in [0.2, 0.25) is 0 Å². The van der Waals surface area contributed by atoms with Crippen LogP contribution in [0.5, 0.6) is 11.5 Å². The lowest BCUT2D eigenvalue weighted by molar-refractivity contribution is -0.0143. The van der Waals surface area contributed by atoms with Crippen molar-refractivity contribution in [1.29, 1.82) is 0 Å². The molecule has 2 unspecified atom stereocenters. The monoisotopic (exact) mass is 344 g/mol. The number of halogens is 1. The molecule has 2 saturated heterocycles. The molecule has 2 aromatic carbocycles. The number of fused-ring (bicyclic) bond motifs is 2. The van der Waals surface area contributed by atoms with Crippen molar-refractivity contribution in [3.05, 3.63) is 54.3 Å². The van der Waals surface area contributed by atoms with E-state index in [0.717, 1.165) is 17.4 Å². The van der Waals surface area contributed by atoms with Crippen molar-refractivity contribution in [1.82, 2.24) is 0 Å². The zero-order valence-electron chi connectivity index (χ0n) is 13.5. The Morgan fingerprint density at radius 1 is 0.917 bits per heavy atom. The first-order valence-corrected chi connectivity index (χ1v) is 9.55. The van der Waals surface area contributed by atoms with Crippen LogP contribution in [0.15, 0.2) is 53.4 Å². The van der Waals surface area contributed by atoms with E-state index in [4.69, 9.17) is 9.47 Å². The Hall–Kier alpha value is -1.52. The first-order chi connectivity index (χ1) is 11.7. The highest BCUT2D eigenvalue weighted by atomic mass is 32.2. The van der Waals surface area contributed by atoms with Crippen molar-refractivity contribution in [3.8, 4) is 11.5 Å². The molecule has 4 rings (SSSR count). The fourth-order valence-electron chi connectivity index (χ4n) is 3.56. The van der Waals surface area contributed by atoms with Gasteiger partial charge < -0.3 is 9.47 Å². The number of hydrogen-bond acceptors (Lipinski definition) is 3. The van der Waals surface area contributed by atoms with E-state index in [0.29, 0.717) is 18.0 Å². The maximum Gasteiger partial charge on any atom is 0.127 e. The molecule has 2 nitrogen and oxygen atoms in total. The number of ether oxygens (including phenoxy) is 2. The molecular formula is C20H21FO2S. The topological polar surface area (TPSA) is 18.5 Å². The van der Waals surface area contributed by atoms with E-state index >= 15 is 0 Å². The average Bonchev–Trinajstić information content (AvgIpc) is 2.95. The summed E-state index contributed by atoms with van der Waals surface area (Å²) in [6, 6.07) is 14.2. The molecule has 0 aliphatic carbocycles. The zero-order chi connectivity index (χ0) is 16.4. The fourth-order valence-corrected chi connectivity index (χ4v) is 4.59. The van der Waals surface area contributed by atoms with Gasteiger partial charge in [0, 0.05) is 10.6 Å². The lowest BCUT2D eigenvalue weighted by Gasteiger charge is -2.28. The van der Waals surface area contributed by atoms with Gasteiger partial charge in [-0.25, -0.2) is 4.39 Å². The third-order valence-electron chi connectivity index (χ3n) is 4.75. The summed E-state index contributed by atoms with van der Waals surface area (Å²) in [5.74, 6) is 3.10. The summed E-state index contributed by atoms with van der Waals surface area (Å²) >= 11 is 1.92. The van der Waals surface area contributed by atoms with E-state index in [2.05, 4.69) is 12.1 Å². The van der Waals surface area contributed by atoms with E-state index in [1.807, 2.05) is 23.9 Å². The maximum atomic E-state index is 12.9. The molecule has 0 radical (unpaired) electrons. The van der Waals surface area contributed by atoms with Crippen LogP contribution in [0.3, 0.4) is 0 Å². The van der Waals surface area contributed by atoms with Crippen LogP contribution in [0.4, 0.5) is 4.39 Å². The minimum absolute atomic E-state index is 0.254. The van der Waals surface area contributed by atoms with Gasteiger partial charge in [-0.1, -0.05) is 0 Å². The highest BCUT2D eigenvalue weighted by Gasteiger charge is 2.34. The van der Waals surface area contributed by atoms with Gasteiger partial charge in [0.05, 0.1) is 12.2 Å². The van der Waals surface area contributed by atoms with Gasteiger partial charge in [-0.3, -0.25) is 0 Å². The summed E-state index contributed by atoms with van der Waals surface area (Å²) in [7, 11) is 0. The molecule has 0 amide bonds. The summed E-state index contributed by atoms with van der Waals surface area (Å²) in [5.41, 5.74) is 0. The van der Waals surface area contributed by atoms with Gasteiger partial charge in [-0.05, 0) is 80.1 Å². The third kappa shape index (κ3) is 3.93. The molecule has 126 valence electrons. The number of hydrogen-bond donors (Lipinski definition) is 0. The van der Waals surface area contributed by atoms with E-state index in [1.54, 1.807) is 12.1 Å². The molecule has 2 atom stereocenters. The minimum atomic E-state index is -0.254. The molecule has 2 aliphatic heterocycles. The van der Waals surface area contributed by atoms with Gasteiger partial charge in [0.25, 0.3) is 0 Å². The summed E-state index contributed by atoms with van der Waals surface area (Å²) in [6.45, 7) is 0. The van der Waals surface area contributed by atoms with Crippen molar-refractivity contribution in [2.24, 2.45) is 5.92 Å². The molecule has 2 heterocycles. The predicted molar refractivity (Wildman–Crippen MR) is 94.3 cm³/mol. The molecule has 2 bridgehead atoms. The first-order valence-electron chi connectivity index (χ1n) is 8.56. The normalized spacial score (nSPS) is 25.6. The predicted octanol–water partition coefficient (Wildman–Crippen LogP) is 5.67. The van der Waals surface area contributed by atoms with Crippen LogP contribution >= 0.6 is 11.8 Å². The largest absolute Gasteiger partial charge is 0.457 e. The third-order valence-corrected chi connectivity index (χ3v) is 5.99. The van der Waals surface area contributed by atoms with Gasteiger partial charge in [-0.15, -0.1) is 11.8 Å². The molecule has 2 aromatic rings. The van der Waals surface area contributed by atoms with Gasteiger partial charge in [-0.2, -0.15) is 0 Å². The quantitative estimate of drug-likeness (QED) is 0.651. The lowest BCUT2D eigenvalue weighted by atomic mass is 9.98. The Balaban J connectivity index is 1.30. The summed E-state index contributed by atoms with van der Waals surface area (Å²) in [6.07, 6.45) is 5.97. The van der Waals surface area contributed by atoms with E-state index in [1.165, 1.54) is 42.7 Å². The van der Waals surface area contributed by atoms with Crippen LogP contribution in [0, 0.1) is 11.7 Å². The van der Waals surface area contributed by atoms with Gasteiger partial charge in [0.15, 0.2) is 0 Å². The second-order valence-corrected chi connectivity index (χ2v) is 7.73. The molecular weight excluding hydrogens is 323 g/mol. The van der Waals surface area contributed by atoms with Crippen molar-refractivity contribution in [2.45, 2.75) is 42.8 Å². The Bertz CT molecular complexity index is 659. The van der Waals surface area contributed by atoms with Crippen LogP contribution in [0.1, 0.15) is 25.7 Å². The smallest absolute Gasteiger partial charge is 0.127 e. The van der Waals surface area contributed by atoms with Crippen molar-refractivity contribution < 1.29 is 13.9 Å². The van der Waals surface area contributed by atoms with Gasteiger partial charge in [0.1, 0.15) is 17.3 Å². The lowest BCUT2D eigenvalue weighted by Crippen LogP contribution is -2.26. The standard InChI is InChI=1S/C20H21FO2S/c21-15-1-3-16(4-2-15)22-17-7-9-20(10-8-17)24-13-14-11-18-5-6-19(12-14)23-18/h1-4,7-10,14,18-19H,5-6,11-13H2. The Labute approximate surface area is 146 Å². The molecule has 0 N–H and O–H groups in total. The van der Waals surface area contributed by atoms with E-state index in [-0.39, 0.29) is 5.82 Å². The molecule has 2 fully saturated rings. The summed E-state index contributed by atoms with van der Waals surface area (Å²) in [5, 5.41) is 0. The zero-order valence-corrected chi connectivity index (χ0v) is 14.3. The molecule has 4 heteroatoms. The van der Waals surface area contributed by atoms with E-state index < -0.39 is 0 Å². The second kappa shape index (κ2) is 7.16. The van der Waals surface area contributed by atoms with Crippen LogP contribution in [-0.2, 0) is 4.74 Å². The number of thioether (sulfide) groups is 1. The summed E-state index contributed by atoms with van der Waals surface area (Å²) < 4.78 is 24.5. The Kier molecular flexibility index (Phi) is 4.76. The SMILES string of the molecule is Fc1ccc(Oc2ccc(SCC3CC4CCC(C3)O4)cc2)cc1. The van der Waals surface area contributed by atoms with Crippen LogP contribution in [0.25, 0.3) is 0 Å². The number of benzene rings is 2. The summed E-state index contributed by atoms with van der Waals surface area (Å²) in [4.78, 5) is 1.26. The van der Waals surface area contributed by atoms with E-state index in [9.17, 15) is 4.39 Å². The Morgan fingerprint density at radius 3 is 2.12 bits per heavy atom. The molecule has 0 saturated carbocycles. The highest BCUT2D eigenvalue weighted by molar-refractivity contribution is 7.99. The van der Waals surface area contributed by atoms with Crippen LogP contribution < -0.4 is 4.74 Å².